The quantitative estimate of drug-likeness (QED) is 0.0821. The Bertz CT molecular complexity index is 2500. The first-order valence-corrected chi connectivity index (χ1v) is 32.8. The summed E-state index contributed by atoms with van der Waals surface area (Å²) in [6, 6.07) is 66.0. The second kappa shape index (κ2) is 29.9. The fourth-order valence-electron chi connectivity index (χ4n) is 7.33. The molecule has 9 aromatic rings. The number of aromatic nitrogens is 3. The molecule has 0 amide bonds. The van der Waals surface area contributed by atoms with E-state index in [0.717, 1.165) is 0 Å². The molecular weight excluding hydrogens is 1240 g/mol. The molecule has 0 atom stereocenters. The molecule has 0 spiro atoms. The molecule has 3 heterocycles. The van der Waals surface area contributed by atoms with E-state index in [-0.39, 0.29) is 0 Å². The van der Waals surface area contributed by atoms with Crippen molar-refractivity contribution in [3.8, 4) is 0 Å². The minimum absolute atomic E-state index is 0.598. The molecule has 0 saturated heterocycles. The van der Waals surface area contributed by atoms with Gasteiger partial charge in [-0.1, -0.05) is 179 Å². The number of benzene rings is 6. The molecule has 3 nitrogen and oxygen atoms in total. The summed E-state index contributed by atoms with van der Waals surface area (Å²) in [5, 5.41) is 8.10. The molecule has 10 heteroatoms. The van der Waals surface area contributed by atoms with Crippen LogP contribution in [0.1, 0.15) is 50.1 Å². The fraction of sp³-hybridized carbons (Fsp3) is 0.150. The van der Waals surface area contributed by atoms with E-state index >= 15 is 0 Å². The molecule has 9 rings (SSSR count). The fourth-order valence-corrected chi connectivity index (χ4v) is 14.0. The van der Waals surface area contributed by atoms with Crippen molar-refractivity contribution >= 4 is 113 Å². The normalized spacial score (nSPS) is 10.5. The van der Waals surface area contributed by atoms with Crippen LogP contribution in [0.2, 0.25) is 0 Å². The first-order chi connectivity index (χ1) is 33.9. The summed E-state index contributed by atoms with van der Waals surface area (Å²) in [5.74, 6) is 0. The van der Waals surface area contributed by atoms with Gasteiger partial charge in [0.1, 0.15) is 0 Å². The third kappa shape index (κ3) is 17.4. The third-order valence-electron chi connectivity index (χ3n) is 11.1. The molecule has 0 aliphatic carbocycles. The van der Waals surface area contributed by atoms with Gasteiger partial charge in [-0.25, -0.2) is 0 Å². The van der Waals surface area contributed by atoms with Crippen molar-refractivity contribution in [2.24, 2.45) is 0 Å². The maximum absolute atomic E-state index is 4.67. The standard InChI is InChI=1S/3C20H20NP.2Cu.2HI/c3*1-15-4-8-18(9-5-15)22(19-10-6-16(2)7-11-19)20-14-17(3)12-13-21-20;;;;/h3*4-14H,1-3H3;;;2*1H/q;;;2*+1;;/p-2. The van der Waals surface area contributed by atoms with Crippen LogP contribution >= 0.6 is 64.5 Å². The number of nitrogens with zero attached hydrogens (tertiary/aromatic N) is 3. The van der Waals surface area contributed by atoms with Gasteiger partial charge in [-0.3, -0.25) is 15.0 Å². The summed E-state index contributed by atoms with van der Waals surface area (Å²) in [6.45, 7) is 19.2. The van der Waals surface area contributed by atoms with Crippen molar-refractivity contribution in [2.75, 3.05) is 0 Å². The summed E-state index contributed by atoms with van der Waals surface area (Å²) in [5.41, 5.74) is 15.0. The molecule has 0 unspecified atom stereocenters. The van der Waals surface area contributed by atoms with Crippen LogP contribution in [0.3, 0.4) is 0 Å². The minimum atomic E-state index is -0.598. The summed E-state index contributed by atoms with van der Waals surface area (Å²) < 4.78 is 0. The average molecular weight is 1300 g/mol. The van der Waals surface area contributed by atoms with Crippen molar-refractivity contribution < 1.29 is 25.5 Å². The molecule has 6 aromatic carbocycles. The zero-order valence-corrected chi connectivity index (χ0v) is 50.0. The molecule has 3 aromatic heterocycles. The predicted molar refractivity (Wildman–Crippen MR) is 320 cm³/mol. The maximum atomic E-state index is 4.67. The summed E-state index contributed by atoms with van der Waals surface area (Å²) in [7, 11) is -1.79. The molecule has 0 aliphatic rings. The van der Waals surface area contributed by atoms with Crippen LogP contribution in [0.15, 0.2) is 201 Å². The van der Waals surface area contributed by atoms with Gasteiger partial charge in [-0.2, -0.15) is 0 Å². The third-order valence-corrected chi connectivity index (χ3v) is 18.1. The van der Waals surface area contributed by atoms with Crippen LogP contribution in [0.4, 0.5) is 0 Å². The number of rotatable bonds is 9. The van der Waals surface area contributed by atoms with Crippen molar-refractivity contribution in [1.29, 1.82) is 0 Å². The number of hydrogen-bond acceptors (Lipinski definition) is 3. The van der Waals surface area contributed by atoms with E-state index in [4.69, 9.17) is 0 Å². The van der Waals surface area contributed by atoms with E-state index in [1.807, 2.05) is 18.6 Å². The van der Waals surface area contributed by atoms with E-state index in [9.17, 15) is 0 Å². The summed E-state index contributed by atoms with van der Waals surface area (Å²) in [4.78, 5) is 14.0. The SMILES string of the molecule is Cc1ccc(P(c2ccc(C)cc2)c2cc(C)ccn2)cc1.Cc1ccc(P(c2ccc(C)cc2)c2cc(C)ccn2)cc1.Cc1ccc(P(c2ccc(C)cc2)c2cc(C)ccn2)cc1.[Cu][I].[Cu][I]. The molecule has 0 radical (unpaired) electrons. The first kappa shape index (κ1) is 57.5. The molecular formula is C60H60Cu2I2N3P3. The molecule has 0 N–H and O–H groups in total. The van der Waals surface area contributed by atoms with E-state index in [0.29, 0.717) is 0 Å². The van der Waals surface area contributed by atoms with Gasteiger partial charge < -0.3 is 0 Å². The van der Waals surface area contributed by atoms with Gasteiger partial charge in [-0.15, -0.1) is 0 Å². The van der Waals surface area contributed by atoms with Gasteiger partial charge in [0.25, 0.3) is 0 Å². The topological polar surface area (TPSA) is 38.7 Å². The van der Waals surface area contributed by atoms with E-state index in [1.54, 1.807) is 40.7 Å². The second-order valence-corrected chi connectivity index (χ2v) is 23.6. The average Bonchev–Trinajstić information content (AvgIpc) is 3.37. The first-order valence-electron chi connectivity index (χ1n) is 22.7. The number of aryl methyl sites for hydroxylation is 9. The predicted octanol–water partition coefficient (Wildman–Crippen LogP) is 13.1. The molecule has 0 aliphatic heterocycles. The van der Waals surface area contributed by atoms with Gasteiger partial charge >= 0.3 is 66.2 Å². The molecule has 0 fully saturated rings. The Morgan fingerprint density at radius 3 is 0.543 bits per heavy atom. The zero-order valence-electron chi connectivity index (χ0n) is 41.1. The van der Waals surface area contributed by atoms with Crippen molar-refractivity contribution in [3.05, 3.63) is 251 Å². The summed E-state index contributed by atoms with van der Waals surface area (Å²) >= 11 is 11.7. The second-order valence-electron chi connectivity index (χ2n) is 17.1. The Morgan fingerprint density at radius 1 is 0.243 bits per heavy atom. The zero-order chi connectivity index (χ0) is 50.6. The Kier molecular flexibility index (Phi) is 24.6. The monoisotopic (exact) mass is 1300 g/mol. The van der Waals surface area contributed by atoms with Crippen molar-refractivity contribution in [3.63, 3.8) is 0 Å². The van der Waals surface area contributed by atoms with Crippen LogP contribution in [0, 0.1) is 62.3 Å². The Hall–Kier alpha value is -3.44. The van der Waals surface area contributed by atoms with E-state index in [2.05, 4.69) is 285 Å². The summed E-state index contributed by atoms with van der Waals surface area (Å²) in [6.07, 6.45) is 5.76. The van der Waals surface area contributed by atoms with E-state index < -0.39 is 23.8 Å². The number of halogens is 2. The van der Waals surface area contributed by atoms with Crippen LogP contribution in [0.5, 0.6) is 0 Å². The molecule has 70 heavy (non-hydrogen) atoms. The van der Waals surface area contributed by atoms with Crippen LogP contribution in [-0.2, 0) is 25.5 Å². The Balaban J connectivity index is 0.000000189. The Morgan fingerprint density at radius 2 is 0.400 bits per heavy atom. The van der Waals surface area contributed by atoms with E-state index in [1.165, 1.54) is 98.2 Å². The molecule has 366 valence electrons. The Labute approximate surface area is 461 Å². The van der Waals surface area contributed by atoms with Crippen LogP contribution < -0.4 is 48.1 Å². The molecule has 0 saturated carbocycles. The molecule has 0 bridgehead atoms. The number of pyridine rings is 3. The van der Waals surface area contributed by atoms with Gasteiger partial charge in [-0.05, 0) is 147 Å². The van der Waals surface area contributed by atoms with Gasteiger partial charge in [0.05, 0.1) is 16.3 Å². The van der Waals surface area contributed by atoms with Crippen LogP contribution in [0.25, 0.3) is 0 Å². The van der Waals surface area contributed by atoms with Gasteiger partial charge in [0.15, 0.2) is 0 Å². The van der Waals surface area contributed by atoms with Gasteiger partial charge in [0, 0.05) is 42.4 Å². The van der Waals surface area contributed by atoms with Gasteiger partial charge in [0.2, 0.25) is 0 Å². The number of hydrogen-bond donors (Lipinski definition) is 0. The van der Waals surface area contributed by atoms with Crippen molar-refractivity contribution in [1.82, 2.24) is 15.0 Å². The van der Waals surface area contributed by atoms with Crippen LogP contribution in [-0.4, -0.2) is 15.0 Å². The van der Waals surface area contributed by atoms with Crippen molar-refractivity contribution in [2.45, 2.75) is 62.3 Å².